The van der Waals surface area contributed by atoms with E-state index in [4.69, 9.17) is 5.73 Å². The summed E-state index contributed by atoms with van der Waals surface area (Å²) >= 11 is 1.88. The van der Waals surface area contributed by atoms with Gasteiger partial charge in [-0.25, -0.2) is 0 Å². The molecular weight excluding hydrogens is 1080 g/mol. The number of aromatic nitrogens is 2. The average molecular weight is 1160 g/mol. The third-order valence-electron chi connectivity index (χ3n) is 19.8. The molecule has 3 aliphatic rings. The van der Waals surface area contributed by atoms with E-state index in [1.165, 1.54) is 163 Å². The van der Waals surface area contributed by atoms with E-state index in [1.54, 1.807) is 5.57 Å². The van der Waals surface area contributed by atoms with Gasteiger partial charge in [-0.05, 0) is 203 Å². The van der Waals surface area contributed by atoms with Gasteiger partial charge in [-0.1, -0.05) is 209 Å². The first-order valence-electron chi connectivity index (χ1n) is 32.2. The van der Waals surface area contributed by atoms with Crippen LogP contribution in [0.2, 0.25) is 0 Å². The molecular formula is C84H75N3S. The van der Waals surface area contributed by atoms with Crippen LogP contribution in [0.1, 0.15) is 102 Å². The number of rotatable bonds is 13. The minimum Gasteiger partial charge on any atom is -0.324 e. The Labute approximate surface area is 522 Å². The van der Waals surface area contributed by atoms with Crippen LogP contribution in [0.25, 0.3) is 125 Å². The van der Waals surface area contributed by atoms with E-state index in [0.29, 0.717) is 5.92 Å². The fourth-order valence-electron chi connectivity index (χ4n) is 15.2. The molecule has 0 spiro atoms. The molecule has 88 heavy (non-hydrogen) atoms. The second kappa shape index (κ2) is 23.2. The van der Waals surface area contributed by atoms with Crippen molar-refractivity contribution < 1.29 is 0 Å². The number of hydrogen-bond donors (Lipinski definition) is 1. The maximum absolute atomic E-state index is 7.03. The van der Waals surface area contributed by atoms with Gasteiger partial charge in [-0.3, -0.25) is 0 Å². The van der Waals surface area contributed by atoms with Gasteiger partial charge in [0.15, 0.2) is 0 Å². The lowest BCUT2D eigenvalue weighted by molar-refractivity contribution is 0.551. The smallest absolute Gasteiger partial charge is 0.0541 e. The molecule has 0 amide bonds. The Bertz CT molecular complexity index is 4980. The van der Waals surface area contributed by atoms with Gasteiger partial charge in [0.25, 0.3) is 0 Å². The van der Waals surface area contributed by atoms with E-state index in [-0.39, 0.29) is 11.5 Å². The van der Waals surface area contributed by atoms with Crippen molar-refractivity contribution >= 4 is 91.8 Å². The van der Waals surface area contributed by atoms with Gasteiger partial charge in [0, 0.05) is 64.5 Å². The summed E-state index contributed by atoms with van der Waals surface area (Å²) in [5, 5.41) is 7.50. The summed E-state index contributed by atoms with van der Waals surface area (Å²) in [4.78, 5) is 0. The van der Waals surface area contributed by atoms with Crippen LogP contribution in [-0.4, -0.2) is 15.2 Å². The first kappa shape index (κ1) is 55.5. The highest BCUT2D eigenvalue weighted by atomic mass is 32.1. The first-order chi connectivity index (χ1) is 43.3. The largest absolute Gasteiger partial charge is 0.324 e. The Morgan fingerprint density at radius 1 is 0.580 bits per heavy atom. The van der Waals surface area contributed by atoms with Crippen LogP contribution in [0.3, 0.4) is 0 Å². The van der Waals surface area contributed by atoms with Crippen LogP contribution in [0.15, 0.2) is 254 Å². The van der Waals surface area contributed by atoms with Crippen LogP contribution < -0.4 is 5.73 Å². The summed E-state index contributed by atoms with van der Waals surface area (Å²) in [7, 11) is 0. The Morgan fingerprint density at radius 3 is 1.82 bits per heavy atom. The fraction of sp³-hybridized carbons (Fsp3) is 0.190. The lowest BCUT2D eigenvalue weighted by Gasteiger charge is -2.31. The number of unbranched alkanes of at least 4 members (excludes halogenated alkanes) is 1. The van der Waals surface area contributed by atoms with E-state index < -0.39 is 0 Å². The fourth-order valence-corrected chi connectivity index (χ4v) is 16.3. The lowest BCUT2D eigenvalue weighted by atomic mass is 9.73. The summed E-state index contributed by atoms with van der Waals surface area (Å²) in [6.45, 7) is 9.27. The highest BCUT2D eigenvalue weighted by Gasteiger charge is 2.38. The summed E-state index contributed by atoms with van der Waals surface area (Å²) in [5.41, 5.74) is 30.9. The molecule has 0 bridgehead atoms. The summed E-state index contributed by atoms with van der Waals surface area (Å²) in [5.74, 6) is 0.416. The Kier molecular flexibility index (Phi) is 14.7. The van der Waals surface area contributed by atoms with Gasteiger partial charge in [0.05, 0.1) is 22.1 Å². The second-order valence-electron chi connectivity index (χ2n) is 25.1. The molecule has 15 rings (SSSR count). The minimum absolute atomic E-state index is 0.0317. The van der Waals surface area contributed by atoms with Crippen molar-refractivity contribution in [2.24, 2.45) is 17.1 Å². The Balaban J connectivity index is 0.879. The van der Waals surface area contributed by atoms with E-state index >= 15 is 0 Å². The number of hydrogen-bond acceptors (Lipinski definition) is 2. The molecule has 3 atom stereocenters. The molecule has 1 saturated carbocycles. The van der Waals surface area contributed by atoms with E-state index in [0.717, 1.165) is 37.1 Å². The molecule has 432 valence electrons. The predicted octanol–water partition coefficient (Wildman–Crippen LogP) is 23.6. The SMILES string of the molecule is C/C=C\C=C(\c1ccccc1-c1ccc2c(c1)c1cc(-c3ccccc3/C3=C/C=C\CCCC3N)ccc1n2-c1ccc2sc3ccc(-n4c5ccccc5c5cc(-c6ccccc6C6=CC=CC=C7CCCC76C)ccc54)cc3c2c1)C(C)CCCC. The van der Waals surface area contributed by atoms with Gasteiger partial charge in [0.1, 0.15) is 0 Å². The zero-order valence-corrected chi connectivity index (χ0v) is 51.9. The monoisotopic (exact) mass is 1160 g/mol. The van der Waals surface area contributed by atoms with Crippen molar-refractivity contribution in [2.45, 2.75) is 91.5 Å². The molecule has 2 N–H and O–H groups in total. The summed E-state index contributed by atoms with van der Waals surface area (Å²) in [6.07, 6.45) is 32.9. The average Bonchev–Trinajstić information content (AvgIpc) is 1.91. The number of nitrogens with zero attached hydrogens (tertiary/aromatic N) is 2. The molecule has 0 radical (unpaired) electrons. The number of allylic oxidation sites excluding steroid dienone is 13. The lowest BCUT2D eigenvalue weighted by Crippen LogP contribution is -2.22. The molecule has 0 saturated heterocycles. The molecule has 3 unspecified atom stereocenters. The van der Waals surface area contributed by atoms with Crippen molar-refractivity contribution in [3.8, 4) is 44.8 Å². The van der Waals surface area contributed by atoms with Crippen molar-refractivity contribution in [3.63, 3.8) is 0 Å². The molecule has 0 aliphatic heterocycles. The van der Waals surface area contributed by atoms with Crippen LogP contribution in [-0.2, 0) is 0 Å². The van der Waals surface area contributed by atoms with Crippen molar-refractivity contribution in [1.29, 1.82) is 0 Å². The standard InChI is InChI=1S/C84H75N3S/c1-5-7-24-55(3)62(27-8-6-2)66-31-17-14-28-63(66)56-39-45-80-72(51-56)73-52-57(64-29-15-18-32-67(64)69-34-11-9-10-12-37-77(69)85)40-46-81(73)87(80)61-43-48-83-75(54-61)74-53-60(42-47-82(74)88-83)86-78-38-22-20-35-70(78)71-50-58(41-44-79(71)86)65-30-16-19-33-68(65)76-36-21-13-25-59-26-23-49-84(59,76)4/h6,8-9,11,13-22,25,27-36,38-48,50-55,77H,5,7,10,12,23-24,26,37,49,85H2,1-4H3/b8-6-,11-9-,62-27+,69-34-. The zero-order chi connectivity index (χ0) is 59.5. The first-order valence-corrected chi connectivity index (χ1v) is 33.0. The quantitative estimate of drug-likeness (QED) is 0.115. The molecule has 12 aromatic rings. The predicted molar refractivity (Wildman–Crippen MR) is 382 cm³/mol. The molecule has 3 heterocycles. The van der Waals surface area contributed by atoms with Crippen molar-refractivity contribution in [1.82, 2.24) is 9.13 Å². The van der Waals surface area contributed by atoms with Crippen molar-refractivity contribution in [2.75, 3.05) is 0 Å². The molecule has 1 fully saturated rings. The normalized spacial score (nSPS) is 18.7. The van der Waals surface area contributed by atoms with Gasteiger partial charge < -0.3 is 14.9 Å². The molecule has 9 aromatic carbocycles. The number of fused-ring (bicyclic) bond motifs is 10. The van der Waals surface area contributed by atoms with Crippen LogP contribution in [0.5, 0.6) is 0 Å². The topological polar surface area (TPSA) is 35.9 Å². The van der Waals surface area contributed by atoms with Crippen LogP contribution in [0.4, 0.5) is 0 Å². The highest BCUT2D eigenvalue weighted by Crippen LogP contribution is 2.54. The zero-order valence-electron chi connectivity index (χ0n) is 51.1. The van der Waals surface area contributed by atoms with Crippen LogP contribution in [0, 0.1) is 11.3 Å². The van der Waals surface area contributed by atoms with Gasteiger partial charge >= 0.3 is 0 Å². The number of para-hydroxylation sites is 1. The maximum atomic E-state index is 7.03. The second-order valence-corrected chi connectivity index (χ2v) is 26.2. The highest BCUT2D eigenvalue weighted by molar-refractivity contribution is 7.25. The summed E-state index contributed by atoms with van der Waals surface area (Å²) in [6, 6.07) is 71.8. The molecule has 3 aromatic heterocycles. The minimum atomic E-state index is -0.0340. The van der Waals surface area contributed by atoms with Crippen molar-refractivity contribution in [3.05, 3.63) is 271 Å². The Hall–Kier alpha value is -9.06. The number of thiophene rings is 1. The third-order valence-corrected chi connectivity index (χ3v) is 21.0. The number of nitrogens with two attached hydrogens (primary N) is 1. The molecule has 3 aliphatic carbocycles. The Morgan fingerprint density at radius 2 is 1.15 bits per heavy atom. The number of benzene rings is 9. The van der Waals surface area contributed by atoms with E-state index in [9.17, 15) is 0 Å². The molecule has 4 heteroatoms. The maximum Gasteiger partial charge on any atom is 0.0541 e. The van der Waals surface area contributed by atoms with E-state index in [2.05, 4.69) is 286 Å². The molecule has 3 nitrogen and oxygen atoms in total. The van der Waals surface area contributed by atoms with E-state index in [1.807, 2.05) is 11.3 Å². The van der Waals surface area contributed by atoms with Crippen LogP contribution >= 0.6 is 11.3 Å². The van der Waals surface area contributed by atoms with Gasteiger partial charge in [0.2, 0.25) is 0 Å². The van der Waals surface area contributed by atoms with Gasteiger partial charge in [-0.2, -0.15) is 0 Å². The van der Waals surface area contributed by atoms with Gasteiger partial charge in [-0.15, -0.1) is 11.3 Å². The summed E-state index contributed by atoms with van der Waals surface area (Å²) < 4.78 is 7.56. The third kappa shape index (κ3) is 9.60.